The maximum atomic E-state index is 13.5. The molecule has 1 aliphatic rings. The third-order valence-electron chi connectivity index (χ3n) is 4.05. The molecule has 3 rings (SSSR count). The number of aromatic nitrogens is 1. The summed E-state index contributed by atoms with van der Waals surface area (Å²) in [6, 6.07) is 6.91. The molecule has 1 aromatic carbocycles. The highest BCUT2D eigenvalue weighted by molar-refractivity contribution is 6.31. The van der Waals surface area contributed by atoms with Gasteiger partial charge < -0.3 is 10.6 Å². The van der Waals surface area contributed by atoms with E-state index in [-0.39, 0.29) is 17.5 Å². The first-order valence-electron chi connectivity index (χ1n) is 8.14. The van der Waals surface area contributed by atoms with Crippen LogP contribution < -0.4 is 10.6 Å². The van der Waals surface area contributed by atoms with Crippen LogP contribution in [0.4, 0.5) is 4.39 Å². The van der Waals surface area contributed by atoms with Crippen molar-refractivity contribution in [1.29, 1.82) is 0 Å². The molecule has 0 radical (unpaired) electrons. The van der Waals surface area contributed by atoms with Gasteiger partial charge in [0.1, 0.15) is 17.7 Å². The molecule has 0 bridgehead atoms. The molecule has 136 valence electrons. The molecule has 1 aliphatic heterocycles. The monoisotopic (exact) mass is 382 g/mol. The summed E-state index contributed by atoms with van der Waals surface area (Å²) in [7, 11) is 0. The van der Waals surface area contributed by atoms with E-state index in [1.165, 1.54) is 18.2 Å². The van der Waals surface area contributed by atoms with Crippen molar-refractivity contribution in [3.63, 3.8) is 0 Å². The Balaban J connectivity index is 2.10. The van der Waals surface area contributed by atoms with Gasteiger partial charge in [-0.1, -0.05) is 23.6 Å². The summed E-state index contributed by atoms with van der Waals surface area (Å²) in [5, 5.41) is 5.98. The number of nitrogens with one attached hydrogen (secondary N) is 2. The van der Waals surface area contributed by atoms with Crippen molar-refractivity contribution in [3.05, 3.63) is 76.0 Å². The van der Waals surface area contributed by atoms with Crippen molar-refractivity contribution >= 4 is 23.3 Å². The first-order valence-corrected chi connectivity index (χ1v) is 8.51. The Bertz CT molecular complexity index is 979. The third kappa shape index (κ3) is 3.99. The van der Waals surface area contributed by atoms with Gasteiger partial charge in [0.15, 0.2) is 0 Å². The van der Waals surface area contributed by atoms with Crippen molar-refractivity contribution in [2.45, 2.75) is 13.0 Å². The zero-order valence-electron chi connectivity index (χ0n) is 14.5. The van der Waals surface area contributed by atoms with E-state index in [2.05, 4.69) is 26.5 Å². The average Bonchev–Trinajstić information content (AvgIpc) is 2.66. The lowest BCUT2D eigenvalue weighted by Gasteiger charge is -2.27. The number of amides is 1. The minimum absolute atomic E-state index is 0.0837. The lowest BCUT2D eigenvalue weighted by atomic mass is 9.94. The van der Waals surface area contributed by atoms with Crippen LogP contribution in [-0.4, -0.2) is 23.3 Å². The SMILES string of the molecule is C#CCNC(=O)C1=C(C)NC(c2ccncc2)=NC1c1ccc(F)cc1Cl. The Morgan fingerprint density at radius 2 is 2.11 bits per heavy atom. The Morgan fingerprint density at radius 1 is 1.37 bits per heavy atom. The molecule has 7 heteroatoms. The highest BCUT2D eigenvalue weighted by atomic mass is 35.5. The maximum Gasteiger partial charge on any atom is 0.252 e. The Morgan fingerprint density at radius 3 is 2.78 bits per heavy atom. The summed E-state index contributed by atoms with van der Waals surface area (Å²) in [6.07, 6.45) is 8.53. The van der Waals surface area contributed by atoms with Gasteiger partial charge in [-0.2, -0.15) is 0 Å². The van der Waals surface area contributed by atoms with E-state index in [0.29, 0.717) is 22.7 Å². The van der Waals surface area contributed by atoms with Crippen LogP contribution >= 0.6 is 11.6 Å². The number of hydrogen-bond donors (Lipinski definition) is 2. The number of carbonyl (C=O) groups excluding carboxylic acids is 1. The minimum Gasteiger partial charge on any atom is -0.343 e. The number of pyridine rings is 1. The number of rotatable bonds is 4. The second kappa shape index (κ2) is 8.02. The fraction of sp³-hybridized carbons (Fsp3) is 0.150. The van der Waals surface area contributed by atoms with Gasteiger partial charge in [0.25, 0.3) is 5.91 Å². The van der Waals surface area contributed by atoms with E-state index >= 15 is 0 Å². The third-order valence-corrected chi connectivity index (χ3v) is 4.38. The summed E-state index contributed by atoms with van der Waals surface area (Å²) in [5.41, 5.74) is 2.31. The predicted molar refractivity (Wildman–Crippen MR) is 103 cm³/mol. The van der Waals surface area contributed by atoms with E-state index in [4.69, 9.17) is 18.0 Å². The van der Waals surface area contributed by atoms with Crippen LogP contribution in [0.15, 0.2) is 59.0 Å². The van der Waals surface area contributed by atoms with Crippen LogP contribution in [0, 0.1) is 18.2 Å². The number of nitrogens with zero attached hydrogens (tertiary/aromatic N) is 2. The molecule has 1 aromatic heterocycles. The molecule has 0 fully saturated rings. The lowest BCUT2D eigenvalue weighted by Crippen LogP contribution is -2.36. The number of benzene rings is 1. The first-order chi connectivity index (χ1) is 13.0. The van der Waals surface area contributed by atoms with Gasteiger partial charge in [-0.3, -0.25) is 14.8 Å². The van der Waals surface area contributed by atoms with Gasteiger partial charge in [-0.25, -0.2) is 4.39 Å². The first kappa shape index (κ1) is 18.6. The normalized spacial score (nSPS) is 16.2. The smallest absolute Gasteiger partial charge is 0.252 e. The number of allylic oxidation sites excluding steroid dienone is 1. The quantitative estimate of drug-likeness (QED) is 0.799. The molecule has 0 spiro atoms. The maximum absolute atomic E-state index is 13.5. The van der Waals surface area contributed by atoms with Crippen molar-refractivity contribution in [3.8, 4) is 12.3 Å². The minimum atomic E-state index is -0.708. The molecule has 2 N–H and O–H groups in total. The van der Waals surface area contributed by atoms with E-state index in [9.17, 15) is 9.18 Å². The number of terminal acetylenes is 1. The topological polar surface area (TPSA) is 66.4 Å². The van der Waals surface area contributed by atoms with Crippen molar-refractivity contribution in [2.24, 2.45) is 4.99 Å². The van der Waals surface area contributed by atoms with E-state index in [0.717, 1.165) is 5.56 Å². The second-order valence-corrected chi connectivity index (χ2v) is 6.24. The standard InChI is InChI=1S/C20H16ClFN4O/c1-3-8-24-20(27)17-12(2)25-19(13-6-9-23-10-7-13)26-18(17)15-5-4-14(22)11-16(15)21/h1,4-7,9-11,18H,8H2,2H3,(H,24,27)(H,25,26). The van der Waals surface area contributed by atoms with Gasteiger partial charge in [0.2, 0.25) is 0 Å². The summed E-state index contributed by atoms with van der Waals surface area (Å²) in [5.74, 6) is 2.11. The number of carbonyl (C=O) groups is 1. The second-order valence-electron chi connectivity index (χ2n) is 5.83. The van der Waals surface area contributed by atoms with Crippen LogP contribution in [0.2, 0.25) is 5.02 Å². The highest BCUT2D eigenvalue weighted by Crippen LogP contribution is 2.35. The van der Waals surface area contributed by atoms with E-state index in [1.807, 2.05) is 0 Å². The molecule has 2 heterocycles. The number of amidine groups is 1. The van der Waals surface area contributed by atoms with Crippen LogP contribution in [0.3, 0.4) is 0 Å². The summed E-state index contributed by atoms with van der Waals surface area (Å²) in [4.78, 5) is 21.3. The van der Waals surface area contributed by atoms with E-state index in [1.54, 1.807) is 31.5 Å². The molecule has 27 heavy (non-hydrogen) atoms. The predicted octanol–water partition coefficient (Wildman–Crippen LogP) is 2.99. The Hall–Kier alpha value is -3.17. The number of aliphatic imine (C=N–C) groups is 1. The van der Waals surface area contributed by atoms with Crippen LogP contribution in [0.5, 0.6) is 0 Å². The van der Waals surface area contributed by atoms with Gasteiger partial charge in [-0.05, 0) is 31.2 Å². The van der Waals surface area contributed by atoms with Crippen molar-refractivity contribution < 1.29 is 9.18 Å². The lowest BCUT2D eigenvalue weighted by molar-refractivity contribution is -0.117. The molecule has 1 atom stereocenters. The van der Waals surface area contributed by atoms with Gasteiger partial charge >= 0.3 is 0 Å². The molecule has 2 aromatic rings. The molecule has 0 saturated carbocycles. The Kier molecular flexibility index (Phi) is 5.53. The van der Waals surface area contributed by atoms with Crippen LogP contribution in [-0.2, 0) is 4.79 Å². The molecule has 5 nitrogen and oxygen atoms in total. The molecular formula is C20H16ClFN4O. The zero-order valence-corrected chi connectivity index (χ0v) is 15.2. The van der Waals surface area contributed by atoms with Crippen molar-refractivity contribution in [2.75, 3.05) is 6.54 Å². The van der Waals surface area contributed by atoms with Crippen LogP contribution in [0.1, 0.15) is 24.1 Å². The molecule has 0 aliphatic carbocycles. The molecular weight excluding hydrogens is 367 g/mol. The van der Waals surface area contributed by atoms with Crippen LogP contribution in [0.25, 0.3) is 0 Å². The van der Waals surface area contributed by atoms with Gasteiger partial charge in [-0.15, -0.1) is 6.42 Å². The fourth-order valence-corrected chi connectivity index (χ4v) is 3.07. The molecule has 1 amide bonds. The highest BCUT2D eigenvalue weighted by Gasteiger charge is 2.30. The molecule has 0 saturated heterocycles. The summed E-state index contributed by atoms with van der Waals surface area (Å²) >= 11 is 6.25. The number of halogens is 2. The van der Waals surface area contributed by atoms with Gasteiger partial charge in [0.05, 0.1) is 12.1 Å². The summed E-state index contributed by atoms with van der Waals surface area (Å²) < 4.78 is 13.5. The number of hydrogen-bond acceptors (Lipinski definition) is 4. The fourth-order valence-electron chi connectivity index (χ4n) is 2.80. The largest absolute Gasteiger partial charge is 0.343 e. The zero-order chi connectivity index (χ0) is 19.4. The average molecular weight is 383 g/mol. The molecule has 1 unspecified atom stereocenters. The summed E-state index contributed by atoms with van der Waals surface area (Å²) in [6.45, 7) is 1.85. The van der Waals surface area contributed by atoms with Crippen molar-refractivity contribution in [1.82, 2.24) is 15.6 Å². The van der Waals surface area contributed by atoms with E-state index < -0.39 is 11.9 Å². The Labute approximate surface area is 161 Å². The van der Waals surface area contributed by atoms with Gasteiger partial charge in [0, 0.05) is 34.2 Å².